The second-order valence-corrected chi connectivity index (χ2v) is 8.25. The summed E-state index contributed by atoms with van der Waals surface area (Å²) >= 11 is 22.1. The van der Waals surface area contributed by atoms with Crippen LogP contribution in [0.15, 0.2) is 22.0 Å². The van der Waals surface area contributed by atoms with Crippen molar-refractivity contribution in [2.24, 2.45) is 0 Å². The van der Waals surface area contributed by atoms with Gasteiger partial charge in [-0.05, 0) is 34.1 Å². The van der Waals surface area contributed by atoms with Crippen molar-refractivity contribution in [3.63, 3.8) is 0 Å². The van der Waals surface area contributed by atoms with E-state index in [9.17, 15) is 0 Å². The van der Waals surface area contributed by atoms with Crippen LogP contribution >= 0.6 is 77.7 Å². The van der Waals surface area contributed by atoms with Crippen molar-refractivity contribution < 1.29 is 0 Å². The van der Waals surface area contributed by atoms with E-state index in [1.807, 2.05) is 18.2 Å². The topological polar surface area (TPSA) is 0 Å². The van der Waals surface area contributed by atoms with Gasteiger partial charge in [0.25, 0.3) is 0 Å². The van der Waals surface area contributed by atoms with Crippen molar-refractivity contribution in [3.05, 3.63) is 41.1 Å². The Hall–Kier alpha value is 0.940. The van der Waals surface area contributed by atoms with Crippen LogP contribution in [-0.2, 0) is 0 Å². The van der Waals surface area contributed by atoms with Crippen molar-refractivity contribution in [2.45, 2.75) is 4.83 Å². The Kier molecular flexibility index (Phi) is 4.19. The summed E-state index contributed by atoms with van der Waals surface area (Å²) in [5.74, 6) is 0. The smallest absolute Gasteiger partial charge is 0.0931 e. The zero-order chi connectivity index (χ0) is 11.0. The van der Waals surface area contributed by atoms with Crippen LogP contribution < -0.4 is 0 Å². The summed E-state index contributed by atoms with van der Waals surface area (Å²) in [6, 6.07) is 5.89. The molecule has 0 nitrogen and oxygen atoms in total. The Bertz CT molecular complexity index is 459. The molecular formula is C9H4Br2Cl2S2. The van der Waals surface area contributed by atoms with Crippen LogP contribution in [0, 0.1) is 0 Å². The molecule has 0 radical (unpaired) electrons. The first-order valence-electron chi connectivity index (χ1n) is 3.92. The molecule has 1 atom stereocenters. The quantitative estimate of drug-likeness (QED) is 0.509. The summed E-state index contributed by atoms with van der Waals surface area (Å²) in [5, 5.41) is 0.752. The molecule has 0 aliphatic heterocycles. The minimum atomic E-state index is 0.170. The predicted molar refractivity (Wildman–Crippen MR) is 77.1 cm³/mol. The number of alkyl halides is 1. The molecule has 2 aromatic rings. The third-order valence-corrected chi connectivity index (χ3v) is 7.19. The summed E-state index contributed by atoms with van der Waals surface area (Å²) in [5.41, 5.74) is 0. The lowest BCUT2D eigenvalue weighted by Crippen LogP contribution is -1.83. The van der Waals surface area contributed by atoms with Gasteiger partial charge in [-0.1, -0.05) is 39.1 Å². The van der Waals surface area contributed by atoms with Crippen molar-refractivity contribution >= 4 is 77.7 Å². The first kappa shape index (κ1) is 12.4. The number of hydrogen-bond donors (Lipinski definition) is 0. The summed E-state index contributed by atoms with van der Waals surface area (Å²) in [6.07, 6.45) is 0. The fourth-order valence-corrected chi connectivity index (χ4v) is 4.81. The lowest BCUT2D eigenvalue weighted by atomic mass is 10.3. The van der Waals surface area contributed by atoms with E-state index in [0.29, 0.717) is 0 Å². The van der Waals surface area contributed by atoms with E-state index < -0.39 is 0 Å². The molecule has 0 fully saturated rings. The van der Waals surface area contributed by atoms with Crippen LogP contribution in [0.2, 0.25) is 9.36 Å². The Morgan fingerprint density at radius 1 is 1.13 bits per heavy atom. The van der Waals surface area contributed by atoms with Crippen LogP contribution in [0.25, 0.3) is 0 Å². The number of hydrogen-bond acceptors (Lipinski definition) is 2. The third-order valence-electron chi connectivity index (χ3n) is 1.76. The molecule has 2 rings (SSSR count). The van der Waals surface area contributed by atoms with Crippen LogP contribution in [0.3, 0.4) is 0 Å². The van der Waals surface area contributed by atoms with Crippen LogP contribution in [0.1, 0.15) is 14.6 Å². The monoisotopic (exact) mass is 404 g/mol. The molecule has 6 heteroatoms. The predicted octanol–water partition coefficient (Wildman–Crippen LogP) is 6.36. The Morgan fingerprint density at radius 2 is 1.87 bits per heavy atom. The van der Waals surface area contributed by atoms with Gasteiger partial charge in [-0.25, -0.2) is 0 Å². The average molecular weight is 407 g/mol. The molecule has 0 aromatic carbocycles. The number of thiophene rings is 2. The average Bonchev–Trinajstić information content (AvgIpc) is 2.74. The maximum atomic E-state index is 5.99. The van der Waals surface area contributed by atoms with E-state index in [2.05, 4.69) is 31.9 Å². The molecule has 0 saturated carbocycles. The summed E-state index contributed by atoms with van der Waals surface area (Å²) < 4.78 is 1.77. The normalized spacial score (nSPS) is 13.1. The van der Waals surface area contributed by atoms with E-state index in [0.717, 1.165) is 13.1 Å². The fraction of sp³-hybridized carbons (Fsp3) is 0.111. The van der Waals surface area contributed by atoms with Crippen molar-refractivity contribution in [2.75, 3.05) is 0 Å². The van der Waals surface area contributed by atoms with Crippen LogP contribution in [0.4, 0.5) is 0 Å². The van der Waals surface area contributed by atoms with Crippen LogP contribution in [0.5, 0.6) is 0 Å². The second-order valence-electron chi connectivity index (χ2n) is 2.77. The molecule has 0 amide bonds. The van der Waals surface area contributed by atoms with Crippen molar-refractivity contribution in [3.8, 4) is 0 Å². The fourth-order valence-electron chi connectivity index (χ4n) is 1.09. The molecular weight excluding hydrogens is 403 g/mol. The minimum absolute atomic E-state index is 0.170. The van der Waals surface area contributed by atoms with Gasteiger partial charge in [0.2, 0.25) is 0 Å². The van der Waals surface area contributed by atoms with Crippen molar-refractivity contribution in [1.82, 2.24) is 0 Å². The van der Waals surface area contributed by atoms with E-state index in [1.54, 1.807) is 22.7 Å². The third kappa shape index (κ3) is 2.79. The van der Waals surface area contributed by atoms with Gasteiger partial charge in [-0.2, -0.15) is 0 Å². The standard InChI is InChI=1S/C9H4Br2Cl2S2/c10-8(5-1-2-7(13)14-5)6-3-4(12)9(11)15-6/h1-3,8H. The zero-order valence-electron chi connectivity index (χ0n) is 7.14. The molecule has 80 valence electrons. The summed E-state index contributed by atoms with van der Waals surface area (Å²) in [7, 11) is 0. The van der Waals surface area contributed by atoms with Gasteiger partial charge >= 0.3 is 0 Å². The maximum Gasteiger partial charge on any atom is 0.0931 e. The molecule has 0 aliphatic rings. The SMILES string of the molecule is Clc1ccc(C(Br)c2cc(Cl)c(Br)s2)s1. The molecule has 0 bridgehead atoms. The highest BCUT2D eigenvalue weighted by molar-refractivity contribution is 9.11. The van der Waals surface area contributed by atoms with Gasteiger partial charge in [0.1, 0.15) is 0 Å². The van der Waals surface area contributed by atoms with Gasteiger partial charge in [-0.15, -0.1) is 22.7 Å². The summed E-state index contributed by atoms with van der Waals surface area (Å²) in [6.45, 7) is 0. The molecule has 0 spiro atoms. The number of halogens is 4. The summed E-state index contributed by atoms with van der Waals surface area (Å²) in [4.78, 5) is 2.53. The zero-order valence-corrected chi connectivity index (χ0v) is 13.5. The largest absolute Gasteiger partial charge is 0.130 e. The maximum absolute atomic E-state index is 5.99. The van der Waals surface area contributed by atoms with E-state index in [4.69, 9.17) is 23.2 Å². The lowest BCUT2D eigenvalue weighted by molar-refractivity contribution is 1.29. The van der Waals surface area contributed by atoms with Crippen LogP contribution in [-0.4, -0.2) is 0 Å². The van der Waals surface area contributed by atoms with E-state index in [1.165, 1.54) is 9.75 Å². The van der Waals surface area contributed by atoms with Gasteiger partial charge in [0.05, 0.1) is 18.0 Å². The van der Waals surface area contributed by atoms with Gasteiger partial charge in [-0.3, -0.25) is 0 Å². The van der Waals surface area contributed by atoms with Gasteiger partial charge in [0.15, 0.2) is 0 Å². The van der Waals surface area contributed by atoms with Gasteiger partial charge in [0, 0.05) is 9.75 Å². The first-order valence-corrected chi connectivity index (χ1v) is 8.01. The molecule has 2 heterocycles. The minimum Gasteiger partial charge on any atom is -0.130 e. The van der Waals surface area contributed by atoms with E-state index >= 15 is 0 Å². The lowest BCUT2D eigenvalue weighted by Gasteiger charge is -2.02. The molecule has 1 unspecified atom stereocenters. The highest BCUT2D eigenvalue weighted by Gasteiger charge is 2.16. The first-order chi connectivity index (χ1) is 7.08. The Morgan fingerprint density at radius 3 is 2.33 bits per heavy atom. The second kappa shape index (κ2) is 5.07. The molecule has 2 aromatic heterocycles. The Labute approximate surface area is 122 Å². The molecule has 0 aliphatic carbocycles. The molecule has 0 saturated heterocycles. The molecule has 15 heavy (non-hydrogen) atoms. The highest BCUT2D eigenvalue weighted by atomic mass is 79.9. The Balaban J connectivity index is 2.31. The van der Waals surface area contributed by atoms with Crippen molar-refractivity contribution in [1.29, 1.82) is 0 Å². The number of rotatable bonds is 2. The highest BCUT2D eigenvalue weighted by Crippen LogP contribution is 2.43. The van der Waals surface area contributed by atoms with Gasteiger partial charge < -0.3 is 0 Å². The van der Waals surface area contributed by atoms with E-state index in [-0.39, 0.29) is 4.83 Å². The molecule has 0 N–H and O–H groups in total.